The van der Waals surface area contributed by atoms with Crippen molar-refractivity contribution in [2.24, 2.45) is 5.92 Å². The third kappa shape index (κ3) is 3.76. The van der Waals surface area contributed by atoms with Crippen LogP contribution in [0.25, 0.3) is 32.8 Å². The Morgan fingerprint density at radius 3 is 2.27 bits per heavy atom. The SMILES string of the molecule is O=C(Nc1cccc2nc3ccccc3nc12)C1CCN(c2ccc3ccccc3c2)CC1. The highest BCUT2D eigenvalue weighted by molar-refractivity contribution is 6.02. The molecule has 0 atom stereocenters. The van der Waals surface area contributed by atoms with Crippen molar-refractivity contribution < 1.29 is 4.79 Å². The first-order valence-electron chi connectivity index (χ1n) is 11.4. The highest BCUT2D eigenvalue weighted by Gasteiger charge is 2.26. The van der Waals surface area contributed by atoms with E-state index in [0.29, 0.717) is 0 Å². The van der Waals surface area contributed by atoms with E-state index in [9.17, 15) is 4.79 Å². The molecule has 0 unspecified atom stereocenters. The van der Waals surface area contributed by atoms with Crippen LogP contribution in [0, 0.1) is 5.92 Å². The number of carbonyl (C=O) groups is 1. The number of carbonyl (C=O) groups excluding carboxylic acids is 1. The molecule has 1 amide bonds. The summed E-state index contributed by atoms with van der Waals surface area (Å²) in [6.45, 7) is 1.74. The number of aromatic nitrogens is 2. The van der Waals surface area contributed by atoms with E-state index in [1.165, 1.54) is 16.5 Å². The molecule has 1 N–H and O–H groups in total. The Kier molecular flexibility index (Phi) is 4.87. The van der Waals surface area contributed by atoms with E-state index in [1.807, 2.05) is 42.5 Å². The van der Waals surface area contributed by atoms with E-state index in [-0.39, 0.29) is 11.8 Å². The van der Waals surface area contributed by atoms with Crippen molar-refractivity contribution in [3.63, 3.8) is 0 Å². The summed E-state index contributed by atoms with van der Waals surface area (Å²) in [5.74, 6) is 0.0565. The minimum absolute atomic E-state index is 0.00891. The molecule has 1 fully saturated rings. The molecule has 5 nitrogen and oxygen atoms in total. The van der Waals surface area contributed by atoms with Gasteiger partial charge in [-0.2, -0.15) is 0 Å². The van der Waals surface area contributed by atoms with Crippen LogP contribution in [0.3, 0.4) is 0 Å². The average molecular weight is 433 g/mol. The van der Waals surface area contributed by atoms with Crippen LogP contribution in [0.15, 0.2) is 84.9 Å². The van der Waals surface area contributed by atoms with Crippen LogP contribution in [0.1, 0.15) is 12.8 Å². The largest absolute Gasteiger partial charge is 0.371 e. The molecular formula is C28H24N4O. The molecule has 1 aliphatic heterocycles. The van der Waals surface area contributed by atoms with Gasteiger partial charge in [0, 0.05) is 24.7 Å². The number of amides is 1. The molecule has 33 heavy (non-hydrogen) atoms. The van der Waals surface area contributed by atoms with Crippen LogP contribution in [0.4, 0.5) is 11.4 Å². The van der Waals surface area contributed by atoms with Gasteiger partial charge in [-0.3, -0.25) is 4.79 Å². The van der Waals surface area contributed by atoms with Crippen LogP contribution in [-0.4, -0.2) is 29.0 Å². The smallest absolute Gasteiger partial charge is 0.227 e. The van der Waals surface area contributed by atoms with Crippen LogP contribution in [0.5, 0.6) is 0 Å². The van der Waals surface area contributed by atoms with Crippen molar-refractivity contribution in [1.82, 2.24) is 9.97 Å². The number of rotatable bonds is 3. The Hall–Kier alpha value is -3.99. The van der Waals surface area contributed by atoms with Gasteiger partial charge < -0.3 is 10.2 Å². The lowest BCUT2D eigenvalue weighted by atomic mass is 9.95. The molecular weight excluding hydrogens is 408 g/mol. The maximum Gasteiger partial charge on any atom is 0.227 e. The van der Waals surface area contributed by atoms with E-state index in [0.717, 1.165) is 53.7 Å². The number of piperidine rings is 1. The van der Waals surface area contributed by atoms with Crippen molar-refractivity contribution in [2.75, 3.05) is 23.3 Å². The summed E-state index contributed by atoms with van der Waals surface area (Å²) in [6, 6.07) is 28.6. The molecule has 1 saturated heterocycles. The zero-order chi connectivity index (χ0) is 22.2. The van der Waals surface area contributed by atoms with E-state index in [4.69, 9.17) is 9.97 Å². The summed E-state index contributed by atoms with van der Waals surface area (Å²) in [5.41, 5.74) is 5.16. The number of nitrogens with one attached hydrogen (secondary N) is 1. The maximum absolute atomic E-state index is 13.1. The van der Waals surface area contributed by atoms with Gasteiger partial charge in [0.2, 0.25) is 5.91 Å². The summed E-state index contributed by atoms with van der Waals surface area (Å²) in [7, 11) is 0. The summed E-state index contributed by atoms with van der Waals surface area (Å²) < 4.78 is 0. The molecule has 5 heteroatoms. The lowest BCUT2D eigenvalue weighted by Gasteiger charge is -2.33. The van der Waals surface area contributed by atoms with Gasteiger partial charge in [0.15, 0.2) is 0 Å². The number of hydrogen-bond donors (Lipinski definition) is 1. The second-order valence-corrected chi connectivity index (χ2v) is 8.67. The van der Waals surface area contributed by atoms with Crippen LogP contribution >= 0.6 is 0 Å². The van der Waals surface area contributed by atoms with Crippen LogP contribution in [-0.2, 0) is 4.79 Å². The monoisotopic (exact) mass is 432 g/mol. The zero-order valence-corrected chi connectivity index (χ0v) is 18.2. The first-order valence-corrected chi connectivity index (χ1v) is 11.4. The minimum atomic E-state index is -0.00891. The number of para-hydroxylation sites is 3. The van der Waals surface area contributed by atoms with Gasteiger partial charge in [0.1, 0.15) is 5.52 Å². The van der Waals surface area contributed by atoms with Crippen molar-refractivity contribution in [2.45, 2.75) is 12.8 Å². The predicted octanol–water partition coefficient (Wildman–Crippen LogP) is 5.79. The van der Waals surface area contributed by atoms with Gasteiger partial charge in [-0.1, -0.05) is 48.5 Å². The highest BCUT2D eigenvalue weighted by atomic mass is 16.1. The van der Waals surface area contributed by atoms with Gasteiger partial charge in [0.05, 0.1) is 22.2 Å². The second-order valence-electron chi connectivity index (χ2n) is 8.67. The zero-order valence-electron chi connectivity index (χ0n) is 18.2. The number of anilines is 2. The molecule has 2 heterocycles. The predicted molar refractivity (Wildman–Crippen MR) is 135 cm³/mol. The van der Waals surface area contributed by atoms with Crippen molar-refractivity contribution >= 4 is 50.1 Å². The molecule has 0 saturated carbocycles. The molecule has 1 aliphatic rings. The lowest BCUT2D eigenvalue weighted by molar-refractivity contribution is -0.120. The third-order valence-electron chi connectivity index (χ3n) is 6.59. The van der Waals surface area contributed by atoms with Crippen molar-refractivity contribution in [1.29, 1.82) is 0 Å². The van der Waals surface area contributed by atoms with Gasteiger partial charge in [0.25, 0.3) is 0 Å². The maximum atomic E-state index is 13.1. The first-order chi connectivity index (χ1) is 16.2. The standard InChI is InChI=1S/C28H24N4O/c33-28(31-26-11-5-10-25-27(26)30-24-9-4-3-8-23(24)29-25)20-14-16-32(17-15-20)22-13-12-19-6-1-2-7-21(19)18-22/h1-13,18,20H,14-17H2,(H,31,33). The fourth-order valence-electron chi connectivity index (χ4n) is 4.75. The van der Waals surface area contributed by atoms with Gasteiger partial charge in [-0.15, -0.1) is 0 Å². The van der Waals surface area contributed by atoms with Crippen LogP contribution in [0.2, 0.25) is 0 Å². The Morgan fingerprint density at radius 1 is 0.758 bits per heavy atom. The Labute approximate surface area is 192 Å². The molecule has 0 radical (unpaired) electrons. The Bertz CT molecular complexity index is 1490. The number of nitrogens with zero attached hydrogens (tertiary/aromatic N) is 3. The molecule has 162 valence electrons. The lowest BCUT2D eigenvalue weighted by Crippen LogP contribution is -2.38. The average Bonchev–Trinajstić information content (AvgIpc) is 2.87. The highest BCUT2D eigenvalue weighted by Crippen LogP contribution is 2.28. The summed E-state index contributed by atoms with van der Waals surface area (Å²) >= 11 is 0. The van der Waals surface area contributed by atoms with Gasteiger partial charge in [-0.05, 0) is 60.0 Å². The third-order valence-corrected chi connectivity index (χ3v) is 6.59. The Morgan fingerprint density at radius 2 is 1.45 bits per heavy atom. The summed E-state index contributed by atoms with van der Waals surface area (Å²) in [4.78, 5) is 25.0. The quantitative estimate of drug-likeness (QED) is 0.367. The topological polar surface area (TPSA) is 58.1 Å². The van der Waals surface area contributed by atoms with E-state index in [2.05, 4.69) is 52.7 Å². The summed E-state index contributed by atoms with van der Waals surface area (Å²) in [5, 5.41) is 5.64. The number of fused-ring (bicyclic) bond motifs is 3. The Balaban J connectivity index is 1.18. The summed E-state index contributed by atoms with van der Waals surface area (Å²) in [6.07, 6.45) is 1.66. The molecule has 1 aromatic heterocycles. The van der Waals surface area contributed by atoms with E-state index in [1.54, 1.807) is 0 Å². The number of benzene rings is 4. The normalized spacial score (nSPS) is 14.7. The number of hydrogen-bond acceptors (Lipinski definition) is 4. The molecule has 4 aromatic carbocycles. The first kappa shape index (κ1) is 19.7. The fourth-order valence-corrected chi connectivity index (χ4v) is 4.75. The van der Waals surface area contributed by atoms with Crippen molar-refractivity contribution in [3.8, 4) is 0 Å². The minimum Gasteiger partial charge on any atom is -0.371 e. The van der Waals surface area contributed by atoms with E-state index < -0.39 is 0 Å². The second kappa shape index (κ2) is 8.17. The molecule has 0 spiro atoms. The van der Waals surface area contributed by atoms with E-state index >= 15 is 0 Å². The molecule has 5 aromatic rings. The van der Waals surface area contributed by atoms with Crippen molar-refractivity contribution in [3.05, 3.63) is 84.9 Å². The molecule has 0 aliphatic carbocycles. The van der Waals surface area contributed by atoms with Crippen LogP contribution < -0.4 is 10.2 Å². The van der Waals surface area contributed by atoms with Gasteiger partial charge in [-0.25, -0.2) is 9.97 Å². The molecule has 0 bridgehead atoms. The van der Waals surface area contributed by atoms with Gasteiger partial charge >= 0.3 is 0 Å². The fraction of sp³-hybridized carbons (Fsp3) is 0.179. The molecule has 6 rings (SSSR count).